The van der Waals surface area contributed by atoms with Gasteiger partial charge in [0.25, 0.3) is 11.8 Å². The van der Waals surface area contributed by atoms with Crippen molar-refractivity contribution >= 4 is 23.7 Å². The van der Waals surface area contributed by atoms with Crippen molar-refractivity contribution in [2.75, 3.05) is 7.11 Å². The van der Waals surface area contributed by atoms with Gasteiger partial charge in [0.2, 0.25) is 5.91 Å². The number of hydrogen-bond acceptors (Lipinski definition) is 5. The van der Waals surface area contributed by atoms with Crippen LogP contribution >= 0.6 is 0 Å². The monoisotopic (exact) mass is 394 g/mol. The molecule has 150 valence electrons. The topological polar surface area (TPSA) is 92.8 Å². The highest BCUT2D eigenvalue weighted by Crippen LogP contribution is 2.25. The number of carbonyl (C=O) groups excluding carboxylic acids is 4. The van der Waals surface area contributed by atoms with Crippen molar-refractivity contribution < 1.29 is 23.9 Å². The van der Waals surface area contributed by atoms with Crippen LogP contribution in [0.25, 0.3) is 0 Å². The first-order valence-electron chi connectivity index (χ1n) is 9.30. The summed E-state index contributed by atoms with van der Waals surface area (Å²) in [7, 11) is 1.26. The van der Waals surface area contributed by atoms with Crippen LogP contribution in [0.3, 0.4) is 0 Å². The Bertz CT molecular complexity index is 906. The van der Waals surface area contributed by atoms with Crippen molar-refractivity contribution in [1.82, 2.24) is 10.2 Å². The summed E-state index contributed by atoms with van der Waals surface area (Å²) in [5.74, 6) is -1.84. The molecule has 0 saturated carbocycles. The summed E-state index contributed by atoms with van der Waals surface area (Å²) in [5, 5.41) is 2.66. The molecule has 3 rings (SSSR count). The molecule has 0 radical (unpaired) electrons. The number of ether oxygens (including phenoxy) is 1. The molecular formula is C22H22N2O5. The molecular weight excluding hydrogens is 372 g/mol. The van der Waals surface area contributed by atoms with Crippen molar-refractivity contribution in [1.29, 1.82) is 0 Å². The average molecular weight is 394 g/mol. The lowest BCUT2D eigenvalue weighted by Crippen LogP contribution is -2.46. The molecule has 1 N–H and O–H groups in total. The number of rotatable bonds is 7. The van der Waals surface area contributed by atoms with E-state index in [0.29, 0.717) is 11.1 Å². The molecule has 0 aromatic heterocycles. The minimum atomic E-state index is -0.857. The van der Waals surface area contributed by atoms with Gasteiger partial charge in [-0.15, -0.1) is 0 Å². The SMILES string of the molecule is COC(=O)[C@H](Cc1ccccc1)NC(=O)CC(C)N1C(=O)c2ccccc2C1=O. The van der Waals surface area contributed by atoms with E-state index in [1.54, 1.807) is 31.2 Å². The molecule has 2 aromatic carbocycles. The zero-order valence-corrected chi connectivity index (χ0v) is 16.3. The third-order valence-electron chi connectivity index (χ3n) is 4.85. The molecule has 0 spiro atoms. The van der Waals surface area contributed by atoms with Crippen LogP contribution in [0.2, 0.25) is 0 Å². The Morgan fingerprint density at radius 3 is 2.07 bits per heavy atom. The van der Waals surface area contributed by atoms with Gasteiger partial charge in [-0.05, 0) is 24.6 Å². The first-order valence-corrected chi connectivity index (χ1v) is 9.30. The number of carbonyl (C=O) groups is 4. The van der Waals surface area contributed by atoms with E-state index in [0.717, 1.165) is 10.5 Å². The highest BCUT2D eigenvalue weighted by atomic mass is 16.5. The Hall–Kier alpha value is -3.48. The van der Waals surface area contributed by atoms with Gasteiger partial charge in [0.05, 0.1) is 18.2 Å². The van der Waals surface area contributed by atoms with E-state index in [1.807, 2.05) is 30.3 Å². The number of amides is 3. The fraction of sp³-hybridized carbons (Fsp3) is 0.273. The second-order valence-electron chi connectivity index (χ2n) is 6.91. The van der Waals surface area contributed by atoms with E-state index >= 15 is 0 Å². The van der Waals surface area contributed by atoms with Crippen molar-refractivity contribution in [2.24, 2.45) is 0 Å². The Kier molecular flexibility index (Phi) is 6.07. The summed E-state index contributed by atoms with van der Waals surface area (Å²) in [6.07, 6.45) is 0.161. The molecule has 0 bridgehead atoms. The minimum Gasteiger partial charge on any atom is -0.467 e. The van der Waals surface area contributed by atoms with E-state index in [1.165, 1.54) is 7.11 Å². The number of esters is 1. The van der Waals surface area contributed by atoms with Crippen LogP contribution in [0.15, 0.2) is 54.6 Å². The fourth-order valence-corrected chi connectivity index (χ4v) is 3.41. The number of hydrogen-bond donors (Lipinski definition) is 1. The number of methoxy groups -OCH3 is 1. The summed E-state index contributed by atoms with van der Waals surface area (Å²) >= 11 is 0. The number of nitrogens with zero attached hydrogens (tertiary/aromatic N) is 1. The molecule has 1 aliphatic heterocycles. The highest BCUT2D eigenvalue weighted by Gasteiger charge is 2.38. The van der Waals surface area contributed by atoms with Gasteiger partial charge in [-0.25, -0.2) is 4.79 Å². The smallest absolute Gasteiger partial charge is 0.328 e. The molecule has 3 amide bonds. The van der Waals surface area contributed by atoms with Crippen molar-refractivity contribution in [2.45, 2.75) is 31.8 Å². The van der Waals surface area contributed by atoms with Crippen LogP contribution in [-0.4, -0.2) is 47.8 Å². The maximum Gasteiger partial charge on any atom is 0.328 e. The lowest BCUT2D eigenvalue weighted by Gasteiger charge is -2.23. The van der Waals surface area contributed by atoms with Gasteiger partial charge >= 0.3 is 5.97 Å². The van der Waals surface area contributed by atoms with Gasteiger partial charge < -0.3 is 10.1 Å². The molecule has 7 nitrogen and oxygen atoms in total. The predicted octanol–water partition coefficient (Wildman–Crippen LogP) is 1.96. The quantitative estimate of drug-likeness (QED) is 0.572. The van der Waals surface area contributed by atoms with Gasteiger partial charge in [-0.1, -0.05) is 42.5 Å². The van der Waals surface area contributed by atoms with Crippen molar-refractivity contribution in [3.8, 4) is 0 Å². The number of imide groups is 1. The van der Waals surface area contributed by atoms with E-state index in [4.69, 9.17) is 4.74 Å². The second kappa shape index (κ2) is 8.68. The second-order valence-corrected chi connectivity index (χ2v) is 6.91. The standard InChI is InChI=1S/C22H22N2O5/c1-14(24-20(26)16-10-6-7-11-17(16)21(24)27)12-19(25)23-18(22(28)29-2)13-15-8-4-3-5-9-15/h3-11,14,18H,12-13H2,1-2H3,(H,23,25)/t14?,18-/m0/s1. The third kappa shape index (κ3) is 4.34. The van der Waals surface area contributed by atoms with Crippen LogP contribution < -0.4 is 5.32 Å². The van der Waals surface area contributed by atoms with Crippen LogP contribution in [0, 0.1) is 0 Å². The average Bonchev–Trinajstić information content (AvgIpc) is 2.98. The fourth-order valence-electron chi connectivity index (χ4n) is 3.41. The first kappa shape index (κ1) is 20.3. The number of benzene rings is 2. The molecule has 1 aliphatic rings. The summed E-state index contributed by atoms with van der Waals surface area (Å²) in [6, 6.07) is 14.3. The lowest BCUT2D eigenvalue weighted by atomic mass is 10.1. The summed E-state index contributed by atoms with van der Waals surface area (Å²) in [6.45, 7) is 1.63. The molecule has 1 heterocycles. The van der Waals surface area contributed by atoms with Crippen LogP contribution in [-0.2, 0) is 20.7 Å². The zero-order chi connectivity index (χ0) is 21.0. The molecule has 0 saturated heterocycles. The van der Waals surface area contributed by atoms with E-state index in [-0.39, 0.29) is 12.8 Å². The molecule has 7 heteroatoms. The summed E-state index contributed by atoms with van der Waals surface area (Å²) in [5.41, 5.74) is 1.54. The molecule has 0 fully saturated rings. The zero-order valence-electron chi connectivity index (χ0n) is 16.3. The molecule has 2 aromatic rings. The van der Waals surface area contributed by atoms with Gasteiger partial charge in [-0.2, -0.15) is 0 Å². The van der Waals surface area contributed by atoms with Gasteiger partial charge in [0.1, 0.15) is 6.04 Å². The van der Waals surface area contributed by atoms with E-state index < -0.39 is 35.8 Å². The normalized spacial score (nSPS) is 14.9. The Balaban J connectivity index is 1.66. The summed E-state index contributed by atoms with van der Waals surface area (Å²) < 4.78 is 4.79. The highest BCUT2D eigenvalue weighted by molar-refractivity contribution is 6.21. The number of nitrogens with one attached hydrogen (secondary N) is 1. The molecule has 29 heavy (non-hydrogen) atoms. The maximum absolute atomic E-state index is 12.5. The maximum atomic E-state index is 12.5. The lowest BCUT2D eigenvalue weighted by molar-refractivity contribution is -0.145. The molecule has 0 aliphatic carbocycles. The Labute approximate surface area is 168 Å². The van der Waals surface area contributed by atoms with Crippen molar-refractivity contribution in [3.05, 3.63) is 71.3 Å². The van der Waals surface area contributed by atoms with E-state index in [2.05, 4.69) is 5.32 Å². The van der Waals surface area contributed by atoms with Gasteiger partial charge in [-0.3, -0.25) is 19.3 Å². The van der Waals surface area contributed by atoms with E-state index in [9.17, 15) is 19.2 Å². The molecule has 1 unspecified atom stereocenters. The van der Waals surface area contributed by atoms with Crippen LogP contribution in [0.4, 0.5) is 0 Å². The molecule has 2 atom stereocenters. The number of fused-ring (bicyclic) bond motifs is 1. The predicted molar refractivity (Wildman–Crippen MR) is 105 cm³/mol. The third-order valence-corrected chi connectivity index (χ3v) is 4.85. The van der Waals surface area contributed by atoms with Crippen molar-refractivity contribution in [3.63, 3.8) is 0 Å². The Morgan fingerprint density at radius 1 is 0.966 bits per heavy atom. The van der Waals surface area contributed by atoms with Gasteiger partial charge in [0.15, 0.2) is 0 Å². The minimum absolute atomic E-state index is 0.117. The van der Waals surface area contributed by atoms with Gasteiger partial charge in [0, 0.05) is 18.9 Å². The first-order chi connectivity index (χ1) is 13.9. The largest absolute Gasteiger partial charge is 0.467 e. The summed E-state index contributed by atoms with van der Waals surface area (Å²) in [4.78, 5) is 50.8. The van der Waals surface area contributed by atoms with Crippen LogP contribution in [0.5, 0.6) is 0 Å². The Morgan fingerprint density at radius 2 is 1.52 bits per heavy atom. The van der Waals surface area contributed by atoms with Crippen LogP contribution in [0.1, 0.15) is 39.6 Å².